The van der Waals surface area contributed by atoms with Gasteiger partial charge < -0.3 is 0 Å². The van der Waals surface area contributed by atoms with Gasteiger partial charge in [-0.1, -0.05) is 46.8 Å². The molecule has 0 atom stereocenters. The van der Waals surface area contributed by atoms with Gasteiger partial charge >= 0.3 is 6.08 Å². The first-order valence-corrected chi connectivity index (χ1v) is 9.96. The zero-order valence-corrected chi connectivity index (χ0v) is 19.0. The number of rotatable bonds is 5. The van der Waals surface area contributed by atoms with E-state index in [0.717, 1.165) is 19.9 Å². The molecule has 0 spiro atoms. The van der Waals surface area contributed by atoms with Gasteiger partial charge in [0.25, 0.3) is 0 Å². The molecule has 0 N–H and O–H groups in total. The Bertz CT molecular complexity index is 1170. The van der Waals surface area contributed by atoms with Crippen LogP contribution in [0.5, 0.6) is 0 Å². The highest BCUT2D eigenvalue weighted by atomic mass is 19.3. The summed E-state index contributed by atoms with van der Waals surface area (Å²) in [6.07, 6.45) is -2.42. The summed E-state index contributed by atoms with van der Waals surface area (Å²) in [7, 11) is 0. The molecule has 2 rings (SSSR count). The van der Waals surface area contributed by atoms with Crippen LogP contribution >= 0.6 is 0 Å². The van der Waals surface area contributed by atoms with Gasteiger partial charge in [0.05, 0.1) is 11.1 Å². The number of hydrogen-bond donors (Lipinski definition) is 0. The molecule has 0 aliphatic rings. The van der Waals surface area contributed by atoms with Crippen molar-refractivity contribution in [2.24, 2.45) is 0 Å². The van der Waals surface area contributed by atoms with Crippen LogP contribution in [0.2, 0.25) is 0 Å². The molecule has 2 aromatic rings. The lowest BCUT2D eigenvalue weighted by Crippen LogP contribution is -2.23. The van der Waals surface area contributed by atoms with Crippen LogP contribution in [0.3, 0.4) is 0 Å². The van der Waals surface area contributed by atoms with E-state index in [-0.39, 0.29) is 0 Å². The molecule has 0 unspecified atom stereocenters. The van der Waals surface area contributed by atoms with Crippen LogP contribution in [-0.2, 0) is 10.8 Å². The van der Waals surface area contributed by atoms with Gasteiger partial charge in [-0.05, 0) is 17.3 Å². The summed E-state index contributed by atoms with van der Waals surface area (Å²) in [5.41, 5.74) is -8.74. The Labute approximate surface area is 193 Å². The van der Waals surface area contributed by atoms with Crippen molar-refractivity contribution in [2.45, 2.75) is 51.9 Å². The SMILES string of the molecule is CC(C)(C)c1c(F)c(F)c(/C=C/CC(C)(C)c2c(F)c(F)c(C(F)=C(F)F)c(F)c2F)c(F)c1F. The van der Waals surface area contributed by atoms with Crippen LogP contribution in [0, 0.1) is 46.5 Å². The van der Waals surface area contributed by atoms with E-state index in [1.165, 1.54) is 20.8 Å². The molecule has 0 radical (unpaired) electrons. The van der Waals surface area contributed by atoms with E-state index in [1.54, 1.807) is 0 Å². The van der Waals surface area contributed by atoms with Crippen LogP contribution in [0.4, 0.5) is 48.3 Å². The molecule has 0 bridgehead atoms. The third kappa shape index (κ3) is 5.08. The molecule has 35 heavy (non-hydrogen) atoms. The molecule has 0 saturated heterocycles. The molecule has 0 aliphatic heterocycles. The number of allylic oxidation sites excluding steroid dienone is 1. The first-order chi connectivity index (χ1) is 15.9. The van der Waals surface area contributed by atoms with Crippen molar-refractivity contribution in [1.82, 2.24) is 0 Å². The van der Waals surface area contributed by atoms with Gasteiger partial charge in [0, 0.05) is 11.1 Å². The summed E-state index contributed by atoms with van der Waals surface area (Å²) in [5, 5.41) is 0. The summed E-state index contributed by atoms with van der Waals surface area (Å²) in [6, 6.07) is 0. The summed E-state index contributed by atoms with van der Waals surface area (Å²) in [4.78, 5) is 0. The summed E-state index contributed by atoms with van der Waals surface area (Å²) >= 11 is 0. The van der Waals surface area contributed by atoms with Crippen molar-refractivity contribution >= 4 is 11.9 Å². The van der Waals surface area contributed by atoms with E-state index in [0.29, 0.717) is 6.08 Å². The first-order valence-electron chi connectivity index (χ1n) is 9.96. The van der Waals surface area contributed by atoms with Crippen molar-refractivity contribution in [3.63, 3.8) is 0 Å². The third-order valence-electron chi connectivity index (χ3n) is 5.29. The summed E-state index contributed by atoms with van der Waals surface area (Å²) in [5.74, 6) is -18.7. The fraction of sp³-hybridized carbons (Fsp3) is 0.333. The molecular weight excluding hydrogens is 497 g/mol. The van der Waals surface area contributed by atoms with E-state index in [9.17, 15) is 48.3 Å². The van der Waals surface area contributed by atoms with Gasteiger partial charge in [0.2, 0.25) is 5.83 Å². The minimum Gasteiger partial charge on any atom is -0.203 e. The molecular formula is C24H19F11. The predicted molar refractivity (Wildman–Crippen MR) is 108 cm³/mol. The maximum atomic E-state index is 14.5. The highest BCUT2D eigenvalue weighted by molar-refractivity contribution is 5.62. The molecule has 0 amide bonds. The Balaban J connectivity index is 2.57. The van der Waals surface area contributed by atoms with Crippen LogP contribution < -0.4 is 0 Å². The topological polar surface area (TPSA) is 0 Å². The smallest absolute Gasteiger partial charge is 0.203 e. The standard InChI is InChI=1S/C24H19F11/c1-23(2,3)11-18(30)13(25)9(14(26)19(11)31)7-6-8-24(4,5)12-20(32)15(27)10(16(28)21(12)33)17(29)22(34)35/h6-7H,8H2,1-5H3/b7-6+. The molecule has 0 heterocycles. The van der Waals surface area contributed by atoms with Gasteiger partial charge in [0.15, 0.2) is 46.5 Å². The minimum absolute atomic E-state index is 0.572. The van der Waals surface area contributed by atoms with Crippen LogP contribution in [0.15, 0.2) is 12.2 Å². The average molecular weight is 516 g/mol. The fourth-order valence-corrected chi connectivity index (χ4v) is 3.54. The average Bonchev–Trinajstić information content (AvgIpc) is 2.72. The molecule has 0 saturated carbocycles. The lowest BCUT2D eigenvalue weighted by molar-refractivity contribution is 0.381. The quantitative estimate of drug-likeness (QED) is 0.275. The monoisotopic (exact) mass is 516 g/mol. The Hall–Kier alpha value is -2.85. The Kier molecular flexibility index (Phi) is 7.83. The lowest BCUT2D eigenvalue weighted by atomic mass is 9.79. The maximum absolute atomic E-state index is 14.5. The lowest BCUT2D eigenvalue weighted by Gasteiger charge is -2.26. The molecule has 0 aromatic heterocycles. The van der Waals surface area contributed by atoms with Gasteiger partial charge in [-0.3, -0.25) is 0 Å². The molecule has 2 aromatic carbocycles. The van der Waals surface area contributed by atoms with Crippen LogP contribution in [0.1, 0.15) is 63.3 Å². The third-order valence-corrected chi connectivity index (χ3v) is 5.29. The van der Waals surface area contributed by atoms with Crippen molar-refractivity contribution in [3.8, 4) is 0 Å². The van der Waals surface area contributed by atoms with E-state index in [2.05, 4.69) is 0 Å². The molecule has 192 valence electrons. The highest BCUT2D eigenvalue weighted by Crippen LogP contribution is 2.39. The van der Waals surface area contributed by atoms with Crippen molar-refractivity contribution in [2.75, 3.05) is 0 Å². The minimum atomic E-state index is -3.21. The molecule has 0 fully saturated rings. The normalized spacial score (nSPS) is 12.6. The molecule has 0 nitrogen and oxygen atoms in total. The highest BCUT2D eigenvalue weighted by Gasteiger charge is 2.36. The van der Waals surface area contributed by atoms with Crippen LogP contribution in [-0.4, -0.2) is 0 Å². The number of halogens is 11. The van der Waals surface area contributed by atoms with Crippen molar-refractivity contribution in [1.29, 1.82) is 0 Å². The van der Waals surface area contributed by atoms with Gasteiger partial charge in [0.1, 0.15) is 0 Å². The zero-order chi connectivity index (χ0) is 27.2. The van der Waals surface area contributed by atoms with Gasteiger partial charge in [-0.2, -0.15) is 8.78 Å². The predicted octanol–water partition coefficient (Wildman–Crippen LogP) is 9.01. The second-order valence-electron chi connectivity index (χ2n) is 9.37. The van der Waals surface area contributed by atoms with Crippen LogP contribution in [0.25, 0.3) is 11.9 Å². The zero-order valence-electron chi connectivity index (χ0n) is 19.0. The largest absolute Gasteiger partial charge is 0.306 e. The Morgan fingerprint density at radius 3 is 1.37 bits per heavy atom. The number of hydrogen-bond acceptors (Lipinski definition) is 0. The van der Waals surface area contributed by atoms with Gasteiger partial charge in [-0.15, -0.1) is 0 Å². The number of benzene rings is 2. The van der Waals surface area contributed by atoms with E-state index < -0.39 is 97.9 Å². The second-order valence-corrected chi connectivity index (χ2v) is 9.37. The Morgan fingerprint density at radius 1 is 0.600 bits per heavy atom. The van der Waals surface area contributed by atoms with Crippen molar-refractivity contribution < 1.29 is 48.3 Å². The van der Waals surface area contributed by atoms with E-state index in [4.69, 9.17) is 0 Å². The van der Waals surface area contributed by atoms with E-state index >= 15 is 0 Å². The second kappa shape index (κ2) is 9.66. The first kappa shape index (κ1) is 28.4. The summed E-state index contributed by atoms with van der Waals surface area (Å²) in [6.45, 7) is 6.01. The molecule has 0 aliphatic carbocycles. The molecule has 11 heteroatoms. The van der Waals surface area contributed by atoms with Gasteiger partial charge in [-0.25, -0.2) is 39.5 Å². The Morgan fingerprint density at radius 2 is 1.00 bits per heavy atom. The van der Waals surface area contributed by atoms with Crippen molar-refractivity contribution in [3.05, 3.63) is 80.9 Å². The fourth-order valence-electron chi connectivity index (χ4n) is 3.54. The maximum Gasteiger partial charge on any atom is 0.306 e. The van der Waals surface area contributed by atoms with E-state index in [1.807, 2.05) is 0 Å². The summed E-state index contributed by atoms with van der Waals surface area (Å²) < 4.78 is 153.